The molecule has 0 spiro atoms. The molecule has 12 nitrogen and oxygen atoms in total. The van der Waals surface area contributed by atoms with Crippen LogP contribution in [-0.4, -0.2) is 89.9 Å². The van der Waals surface area contributed by atoms with E-state index in [9.17, 15) is 36.5 Å². The highest BCUT2D eigenvalue weighted by Gasteiger charge is 2.39. The lowest BCUT2D eigenvalue weighted by molar-refractivity contribution is -0.731. The van der Waals surface area contributed by atoms with Gasteiger partial charge >= 0.3 is 11.9 Å². The molecule has 0 radical (unpaired) electrons. The van der Waals surface area contributed by atoms with Crippen molar-refractivity contribution >= 4 is 27.1 Å². The first-order valence-corrected chi connectivity index (χ1v) is 15.1. The summed E-state index contributed by atoms with van der Waals surface area (Å²) in [4.78, 5) is 27.6. The molecule has 43 heavy (non-hydrogen) atoms. The van der Waals surface area contributed by atoms with Gasteiger partial charge in [-0.25, -0.2) is 13.6 Å². The van der Waals surface area contributed by atoms with Gasteiger partial charge in [-0.15, -0.1) is 0 Å². The lowest BCUT2D eigenvalue weighted by Gasteiger charge is -2.36. The third kappa shape index (κ3) is 6.97. The molecular formula is C27H33F3N7O5S+. The van der Waals surface area contributed by atoms with Gasteiger partial charge in [-0.2, -0.15) is 27.3 Å². The Balaban J connectivity index is 1.60. The number of nitrogens with one attached hydrogen (secondary N) is 1. The van der Waals surface area contributed by atoms with Gasteiger partial charge < -0.3 is 15.1 Å². The molecule has 4 rings (SSSR count). The number of hydrogen-bond acceptors (Lipinski definition) is 8. The first kappa shape index (κ1) is 31.9. The van der Waals surface area contributed by atoms with Crippen LogP contribution in [0, 0.1) is 4.91 Å². The largest absolute Gasteiger partial charge is 0.416 e. The fourth-order valence-corrected chi connectivity index (χ4v) is 6.42. The van der Waals surface area contributed by atoms with Crippen LogP contribution in [0.15, 0.2) is 64.4 Å². The summed E-state index contributed by atoms with van der Waals surface area (Å²) >= 11 is 0. The zero-order chi connectivity index (χ0) is 31.4. The Kier molecular flexibility index (Phi) is 9.72. The van der Waals surface area contributed by atoms with Gasteiger partial charge in [0.05, 0.1) is 28.0 Å². The van der Waals surface area contributed by atoms with Gasteiger partial charge in [-0.3, -0.25) is 4.79 Å². The summed E-state index contributed by atoms with van der Waals surface area (Å²) in [6, 6.07) is 10.4. The summed E-state index contributed by atoms with van der Waals surface area (Å²) in [5.74, 6) is 0. The van der Waals surface area contributed by atoms with E-state index in [1.54, 1.807) is 29.2 Å². The van der Waals surface area contributed by atoms with Gasteiger partial charge in [0.2, 0.25) is 10.0 Å². The van der Waals surface area contributed by atoms with Crippen molar-refractivity contribution in [1.82, 2.24) is 19.0 Å². The molecule has 0 atom stereocenters. The fraction of sp³-hybridized carbons (Fsp3) is 0.407. The summed E-state index contributed by atoms with van der Waals surface area (Å²) < 4.78 is 68.5. The number of sulfonamides is 1. The Bertz CT molecular complexity index is 1610. The third-order valence-corrected chi connectivity index (χ3v) is 9.22. The van der Waals surface area contributed by atoms with Crippen LogP contribution in [0.1, 0.15) is 19.4 Å². The fourth-order valence-electron chi connectivity index (χ4n) is 4.85. The van der Waals surface area contributed by atoms with Crippen molar-refractivity contribution in [2.45, 2.75) is 24.9 Å². The Labute approximate surface area is 246 Å². The van der Waals surface area contributed by atoms with E-state index in [0.29, 0.717) is 48.4 Å². The highest BCUT2D eigenvalue weighted by atomic mass is 32.2. The van der Waals surface area contributed by atoms with Crippen molar-refractivity contribution in [2.75, 3.05) is 62.6 Å². The van der Waals surface area contributed by atoms with Crippen LogP contribution in [0.25, 0.3) is 5.69 Å². The quantitative estimate of drug-likeness (QED) is 0.309. The standard InChI is InChI=1S/C27H33F3N7O5S/c1-3-33(4-2)13-12-31-25-23(19-32-36(26(25)38)21-8-6-5-7-9-21)34-14-16-35(17-15-34)43(41,42)24-11-10-20(27(28,29)30)18-22(24)37(39)40/h5-11,18-19,31H,3-4,12-17H2,1-2H3,(H,39,40)/q+1. The number of alkyl halides is 3. The van der Waals surface area contributed by atoms with Crippen molar-refractivity contribution in [1.29, 1.82) is 0 Å². The number of likely N-dealkylation sites (N-methyl/N-ethyl adjacent to an activating group) is 1. The van der Waals surface area contributed by atoms with E-state index in [0.717, 1.165) is 17.4 Å². The molecule has 0 amide bonds. The summed E-state index contributed by atoms with van der Waals surface area (Å²) in [6.45, 7) is 6.96. The highest BCUT2D eigenvalue weighted by Crippen LogP contribution is 2.35. The maximum absolute atomic E-state index is 13.6. The number of anilines is 2. The lowest BCUT2D eigenvalue weighted by Crippen LogP contribution is -2.49. The summed E-state index contributed by atoms with van der Waals surface area (Å²) in [6.07, 6.45) is -3.31. The van der Waals surface area contributed by atoms with Crippen LogP contribution in [0.3, 0.4) is 0 Å². The van der Waals surface area contributed by atoms with Crippen LogP contribution < -0.4 is 15.8 Å². The van der Waals surface area contributed by atoms with E-state index >= 15 is 0 Å². The number of benzene rings is 2. The second-order valence-electron chi connectivity index (χ2n) is 9.76. The molecule has 2 N–H and O–H groups in total. The number of aromatic nitrogens is 2. The molecule has 2 heterocycles. The van der Waals surface area contributed by atoms with Crippen molar-refractivity contribution < 1.29 is 31.7 Å². The molecule has 3 aromatic rings. The minimum absolute atomic E-state index is 0.103. The van der Waals surface area contributed by atoms with Gasteiger partial charge in [0, 0.05) is 45.3 Å². The van der Waals surface area contributed by atoms with E-state index < -0.39 is 37.3 Å². The number of nitrogens with zero attached hydrogens (tertiary/aromatic N) is 6. The van der Waals surface area contributed by atoms with Crippen LogP contribution in [-0.2, 0) is 16.2 Å². The van der Waals surface area contributed by atoms with Crippen LogP contribution in [0.5, 0.6) is 0 Å². The smallest absolute Gasteiger partial charge is 0.377 e. The molecule has 0 aliphatic carbocycles. The molecule has 1 aliphatic rings. The molecule has 0 saturated carbocycles. The van der Waals surface area contributed by atoms with E-state index in [2.05, 4.69) is 15.3 Å². The maximum atomic E-state index is 13.6. The Hall–Kier alpha value is -4.02. The highest BCUT2D eigenvalue weighted by molar-refractivity contribution is 7.89. The average molecular weight is 625 g/mol. The second-order valence-corrected chi connectivity index (χ2v) is 11.7. The van der Waals surface area contributed by atoms with Crippen molar-refractivity contribution in [3.8, 4) is 5.69 Å². The first-order valence-electron chi connectivity index (χ1n) is 13.6. The van der Waals surface area contributed by atoms with E-state index in [1.807, 2.05) is 19.9 Å². The summed E-state index contributed by atoms with van der Waals surface area (Å²) in [5.41, 5.74) is -1.35. The molecule has 1 fully saturated rings. The minimum Gasteiger partial charge on any atom is -0.377 e. The molecule has 0 bridgehead atoms. The van der Waals surface area contributed by atoms with E-state index in [4.69, 9.17) is 0 Å². The summed E-state index contributed by atoms with van der Waals surface area (Å²) in [5, 5.41) is 17.0. The van der Waals surface area contributed by atoms with Crippen LogP contribution in [0.2, 0.25) is 0 Å². The number of para-hydroxylation sites is 1. The summed E-state index contributed by atoms with van der Waals surface area (Å²) in [7, 11) is -4.46. The molecule has 0 unspecified atom stereocenters. The number of rotatable bonds is 11. The van der Waals surface area contributed by atoms with Crippen molar-refractivity contribution in [2.24, 2.45) is 0 Å². The average Bonchev–Trinajstić information content (AvgIpc) is 2.99. The number of hydrogen-bond donors (Lipinski definition) is 2. The molecule has 16 heteroatoms. The number of halogens is 3. The van der Waals surface area contributed by atoms with Gasteiger partial charge in [-0.05, 0) is 37.4 Å². The minimum atomic E-state index is -4.85. The molecule has 1 aliphatic heterocycles. The Morgan fingerprint density at radius 2 is 1.70 bits per heavy atom. The second kappa shape index (κ2) is 13.1. The van der Waals surface area contributed by atoms with Gasteiger partial charge in [0.25, 0.3) is 10.5 Å². The topological polar surface area (TPSA) is 131 Å². The zero-order valence-electron chi connectivity index (χ0n) is 23.7. The zero-order valence-corrected chi connectivity index (χ0v) is 24.5. The van der Waals surface area contributed by atoms with Crippen LogP contribution in [0.4, 0.5) is 30.2 Å². The van der Waals surface area contributed by atoms with E-state index in [-0.39, 0.29) is 31.7 Å². The number of piperazine rings is 1. The molecule has 1 aromatic heterocycles. The normalized spacial score (nSPS) is 14.7. The Morgan fingerprint density at radius 1 is 1.05 bits per heavy atom. The predicted octanol–water partition coefficient (Wildman–Crippen LogP) is 3.32. The molecule has 1 saturated heterocycles. The van der Waals surface area contributed by atoms with E-state index in [1.165, 1.54) is 10.9 Å². The van der Waals surface area contributed by atoms with Gasteiger partial charge in [0.15, 0.2) is 4.90 Å². The monoisotopic (exact) mass is 624 g/mol. The molecular weight excluding hydrogens is 591 g/mol. The lowest BCUT2D eigenvalue weighted by atomic mass is 10.2. The SMILES string of the molecule is CCN(CC)CCNc1c(N2CCN(S(=O)(=O)c3ccc(C(F)(F)F)cc3[N+](=O)O)CC2)cnn(-c2ccccc2)c1=O. The molecule has 232 valence electrons. The third-order valence-electron chi connectivity index (χ3n) is 7.27. The Morgan fingerprint density at radius 3 is 2.28 bits per heavy atom. The predicted molar refractivity (Wildman–Crippen MR) is 154 cm³/mol. The van der Waals surface area contributed by atoms with Gasteiger partial charge in [0.1, 0.15) is 5.69 Å². The van der Waals surface area contributed by atoms with Crippen molar-refractivity contribution in [3.63, 3.8) is 0 Å². The maximum Gasteiger partial charge on any atom is 0.416 e. The first-order chi connectivity index (χ1) is 20.4. The molecule has 2 aromatic carbocycles. The van der Waals surface area contributed by atoms with Crippen molar-refractivity contribution in [3.05, 3.63) is 75.6 Å². The van der Waals surface area contributed by atoms with Crippen LogP contribution >= 0.6 is 0 Å². The van der Waals surface area contributed by atoms with Gasteiger partial charge in [-0.1, -0.05) is 32.0 Å².